The van der Waals surface area contributed by atoms with Gasteiger partial charge in [-0.05, 0) is 69.1 Å². The first kappa shape index (κ1) is 18.9. The third kappa shape index (κ3) is 3.75. The Labute approximate surface area is 166 Å². The van der Waals surface area contributed by atoms with Crippen molar-refractivity contribution < 1.29 is 14.3 Å². The summed E-state index contributed by atoms with van der Waals surface area (Å²) in [6, 6.07) is 5.99. The molecule has 0 N–H and O–H groups in total. The number of aromatic nitrogens is 1. The number of nitrogens with zero attached hydrogens (tertiary/aromatic N) is 2. The smallest absolute Gasteiger partial charge is 0.339 e. The second kappa shape index (κ2) is 7.90. The summed E-state index contributed by atoms with van der Waals surface area (Å²) in [6.07, 6.45) is 6.05. The number of aryl methyl sites for hydroxylation is 2. The van der Waals surface area contributed by atoms with Crippen molar-refractivity contribution in [2.24, 2.45) is 5.92 Å². The van der Waals surface area contributed by atoms with Gasteiger partial charge in [-0.2, -0.15) is 0 Å². The van der Waals surface area contributed by atoms with Crippen LogP contribution in [0, 0.1) is 12.8 Å². The Bertz CT molecular complexity index is 922. The van der Waals surface area contributed by atoms with E-state index in [1.54, 1.807) is 0 Å². The standard InChI is InChI=1S/C23H28N2O3/c1-15-9-10-20-18(12-15)22(17-7-3-4-8-19(17)24-20)23(27)28-14-21(26)25-11-5-6-16(2)13-25/h9-10,12,16H,3-8,11,13-14H2,1-2H3. The van der Waals surface area contributed by atoms with Crippen LogP contribution in [-0.2, 0) is 22.4 Å². The summed E-state index contributed by atoms with van der Waals surface area (Å²) in [7, 11) is 0. The third-order valence-corrected chi connectivity index (χ3v) is 5.96. The summed E-state index contributed by atoms with van der Waals surface area (Å²) in [5.74, 6) is 0.0189. The molecule has 2 heterocycles. The number of fused-ring (bicyclic) bond motifs is 2. The Morgan fingerprint density at radius 1 is 1.21 bits per heavy atom. The maximum Gasteiger partial charge on any atom is 0.339 e. The highest BCUT2D eigenvalue weighted by molar-refractivity contribution is 6.05. The number of hydrogen-bond acceptors (Lipinski definition) is 4. The minimum absolute atomic E-state index is 0.0942. The molecule has 1 aromatic carbocycles. The molecule has 1 aliphatic heterocycles. The molecule has 1 fully saturated rings. The zero-order valence-electron chi connectivity index (χ0n) is 16.8. The van der Waals surface area contributed by atoms with Gasteiger partial charge >= 0.3 is 5.97 Å². The van der Waals surface area contributed by atoms with Gasteiger partial charge in [-0.25, -0.2) is 4.79 Å². The molecule has 1 amide bonds. The first-order valence-corrected chi connectivity index (χ1v) is 10.4. The average Bonchev–Trinajstić information content (AvgIpc) is 2.70. The number of carbonyl (C=O) groups excluding carboxylic acids is 2. The fourth-order valence-corrected chi connectivity index (χ4v) is 4.48. The van der Waals surface area contributed by atoms with Gasteiger partial charge in [0.05, 0.1) is 11.1 Å². The minimum atomic E-state index is -0.394. The van der Waals surface area contributed by atoms with E-state index in [0.717, 1.165) is 79.3 Å². The van der Waals surface area contributed by atoms with Gasteiger partial charge in [0.15, 0.2) is 6.61 Å². The fraction of sp³-hybridized carbons (Fsp3) is 0.522. The van der Waals surface area contributed by atoms with Crippen LogP contribution in [0.2, 0.25) is 0 Å². The fourth-order valence-electron chi connectivity index (χ4n) is 4.48. The molecule has 5 heteroatoms. The highest BCUT2D eigenvalue weighted by atomic mass is 16.5. The van der Waals surface area contributed by atoms with E-state index in [2.05, 4.69) is 6.92 Å². The number of benzene rings is 1. The van der Waals surface area contributed by atoms with E-state index in [9.17, 15) is 9.59 Å². The van der Waals surface area contributed by atoms with Crippen molar-refractivity contribution in [3.63, 3.8) is 0 Å². The van der Waals surface area contributed by atoms with Crippen molar-refractivity contribution in [3.8, 4) is 0 Å². The van der Waals surface area contributed by atoms with Gasteiger partial charge in [-0.3, -0.25) is 9.78 Å². The molecule has 1 aliphatic carbocycles. The van der Waals surface area contributed by atoms with Gasteiger partial charge in [0, 0.05) is 24.2 Å². The van der Waals surface area contributed by atoms with E-state index in [4.69, 9.17) is 9.72 Å². The van der Waals surface area contributed by atoms with Gasteiger partial charge in [-0.15, -0.1) is 0 Å². The summed E-state index contributed by atoms with van der Waals surface area (Å²) in [6.45, 7) is 5.49. The lowest BCUT2D eigenvalue weighted by Crippen LogP contribution is -2.41. The number of ether oxygens (including phenoxy) is 1. The van der Waals surface area contributed by atoms with E-state index >= 15 is 0 Å². The van der Waals surface area contributed by atoms with Gasteiger partial charge in [0.1, 0.15) is 0 Å². The Balaban J connectivity index is 1.59. The van der Waals surface area contributed by atoms with Crippen molar-refractivity contribution in [1.82, 2.24) is 9.88 Å². The van der Waals surface area contributed by atoms with Crippen molar-refractivity contribution in [2.75, 3.05) is 19.7 Å². The highest BCUT2D eigenvalue weighted by Crippen LogP contribution is 2.30. The average molecular weight is 380 g/mol. The monoisotopic (exact) mass is 380 g/mol. The molecule has 0 radical (unpaired) electrons. The summed E-state index contributed by atoms with van der Waals surface area (Å²) in [5.41, 5.74) is 4.54. The van der Waals surface area contributed by atoms with E-state index in [1.165, 1.54) is 0 Å². The Hall–Kier alpha value is -2.43. The molecule has 0 saturated carbocycles. The van der Waals surface area contributed by atoms with E-state index in [0.29, 0.717) is 11.5 Å². The number of amides is 1. The Morgan fingerprint density at radius 2 is 2.04 bits per heavy atom. The molecule has 148 valence electrons. The summed E-state index contributed by atoms with van der Waals surface area (Å²) >= 11 is 0. The summed E-state index contributed by atoms with van der Waals surface area (Å²) in [5, 5.41) is 0.838. The molecular weight excluding hydrogens is 352 g/mol. The lowest BCUT2D eigenvalue weighted by atomic mass is 9.89. The molecule has 1 unspecified atom stereocenters. The number of piperidine rings is 1. The highest BCUT2D eigenvalue weighted by Gasteiger charge is 2.26. The first-order chi connectivity index (χ1) is 13.5. The number of pyridine rings is 1. The molecule has 0 spiro atoms. The molecule has 4 rings (SSSR count). The first-order valence-electron chi connectivity index (χ1n) is 10.4. The van der Waals surface area contributed by atoms with Gasteiger partial charge < -0.3 is 9.64 Å². The van der Waals surface area contributed by atoms with Gasteiger partial charge in [-0.1, -0.05) is 18.6 Å². The Morgan fingerprint density at radius 3 is 2.86 bits per heavy atom. The maximum absolute atomic E-state index is 13.1. The van der Waals surface area contributed by atoms with Crippen molar-refractivity contribution in [3.05, 3.63) is 40.6 Å². The Kier molecular flexibility index (Phi) is 5.33. The number of hydrogen-bond donors (Lipinski definition) is 0. The van der Waals surface area contributed by atoms with E-state index in [1.807, 2.05) is 30.0 Å². The number of esters is 1. The molecule has 1 atom stereocenters. The predicted octanol–water partition coefficient (Wildman–Crippen LogP) is 3.84. The van der Waals surface area contributed by atoms with Crippen LogP contribution in [-0.4, -0.2) is 41.5 Å². The lowest BCUT2D eigenvalue weighted by molar-refractivity contribution is -0.136. The van der Waals surface area contributed by atoms with Crippen molar-refractivity contribution in [1.29, 1.82) is 0 Å². The molecule has 5 nitrogen and oxygen atoms in total. The molecule has 1 aromatic heterocycles. The van der Waals surface area contributed by atoms with Crippen LogP contribution >= 0.6 is 0 Å². The van der Waals surface area contributed by atoms with E-state index < -0.39 is 5.97 Å². The predicted molar refractivity (Wildman–Crippen MR) is 108 cm³/mol. The molecule has 1 saturated heterocycles. The summed E-state index contributed by atoms with van der Waals surface area (Å²) < 4.78 is 5.53. The lowest BCUT2D eigenvalue weighted by Gasteiger charge is -2.30. The van der Waals surface area contributed by atoms with Crippen LogP contribution in [0.25, 0.3) is 10.9 Å². The molecule has 0 bridgehead atoms. The van der Waals surface area contributed by atoms with Gasteiger partial charge in [0.2, 0.25) is 0 Å². The molecular formula is C23H28N2O3. The quantitative estimate of drug-likeness (QED) is 0.759. The van der Waals surface area contributed by atoms with Crippen LogP contribution in [0.4, 0.5) is 0 Å². The molecule has 2 aromatic rings. The van der Waals surface area contributed by atoms with Crippen LogP contribution in [0.5, 0.6) is 0 Å². The van der Waals surface area contributed by atoms with Crippen LogP contribution in [0.3, 0.4) is 0 Å². The van der Waals surface area contributed by atoms with Crippen LogP contribution in [0.15, 0.2) is 18.2 Å². The van der Waals surface area contributed by atoms with Crippen molar-refractivity contribution >= 4 is 22.8 Å². The zero-order valence-corrected chi connectivity index (χ0v) is 16.8. The van der Waals surface area contributed by atoms with E-state index in [-0.39, 0.29) is 12.5 Å². The SMILES string of the molecule is Cc1ccc2nc3c(c(C(=O)OCC(=O)N4CCCC(C)C4)c2c1)CCCC3. The molecule has 2 aliphatic rings. The maximum atomic E-state index is 13.1. The number of likely N-dealkylation sites (tertiary alicyclic amines) is 1. The summed E-state index contributed by atoms with van der Waals surface area (Å²) in [4.78, 5) is 32.2. The number of carbonyl (C=O) groups is 2. The largest absolute Gasteiger partial charge is 0.452 e. The number of rotatable bonds is 3. The van der Waals surface area contributed by atoms with Gasteiger partial charge in [0.25, 0.3) is 5.91 Å². The second-order valence-electron chi connectivity index (χ2n) is 8.30. The second-order valence-corrected chi connectivity index (χ2v) is 8.30. The van der Waals surface area contributed by atoms with Crippen LogP contribution in [0.1, 0.15) is 59.8 Å². The normalized spacial score (nSPS) is 19.4. The minimum Gasteiger partial charge on any atom is -0.452 e. The molecule has 28 heavy (non-hydrogen) atoms. The van der Waals surface area contributed by atoms with Crippen LogP contribution < -0.4 is 0 Å². The van der Waals surface area contributed by atoms with Crippen molar-refractivity contribution in [2.45, 2.75) is 52.4 Å². The third-order valence-electron chi connectivity index (χ3n) is 5.96. The topological polar surface area (TPSA) is 59.5 Å². The zero-order chi connectivity index (χ0) is 19.7.